The molecule has 0 aromatic heterocycles. The third kappa shape index (κ3) is 4.03. The smallest absolute Gasteiger partial charge is 0.251 e. The lowest BCUT2D eigenvalue weighted by molar-refractivity contribution is 0.0950. The van der Waals surface area contributed by atoms with E-state index in [-0.39, 0.29) is 12.7 Å². The lowest BCUT2D eigenvalue weighted by Crippen LogP contribution is -2.23. The van der Waals surface area contributed by atoms with Gasteiger partial charge in [0.25, 0.3) is 5.91 Å². The average molecular weight is 343 g/mol. The van der Waals surface area contributed by atoms with Crippen molar-refractivity contribution in [2.24, 2.45) is 0 Å². The van der Waals surface area contributed by atoms with Gasteiger partial charge in [0.05, 0.1) is 13.7 Å². The summed E-state index contributed by atoms with van der Waals surface area (Å²) in [5.74, 6) is 1.99. The summed E-state index contributed by atoms with van der Waals surface area (Å²) in [6, 6.07) is 10.9. The lowest BCUT2D eigenvalue weighted by Gasteiger charge is -2.11. The number of hydrogen-bond acceptors (Lipinski definition) is 5. The van der Waals surface area contributed by atoms with Crippen molar-refractivity contribution in [2.75, 3.05) is 20.5 Å². The summed E-state index contributed by atoms with van der Waals surface area (Å²) in [5.41, 5.74) is 2.36. The van der Waals surface area contributed by atoms with Crippen LogP contribution < -0.4 is 19.5 Å². The Morgan fingerprint density at radius 3 is 2.80 bits per heavy atom. The summed E-state index contributed by atoms with van der Waals surface area (Å²) in [6.07, 6.45) is 0. The number of nitrogens with one attached hydrogen (secondary N) is 1. The fraction of sp³-hybridized carbons (Fsp3) is 0.316. The fourth-order valence-electron chi connectivity index (χ4n) is 2.58. The molecule has 0 atom stereocenters. The normalized spacial score (nSPS) is 12.1. The molecular formula is C19H21NO5. The third-order valence-electron chi connectivity index (χ3n) is 3.89. The molecule has 3 rings (SSSR count). The number of rotatable bonds is 7. The summed E-state index contributed by atoms with van der Waals surface area (Å²) >= 11 is 0. The van der Waals surface area contributed by atoms with E-state index in [0.29, 0.717) is 36.8 Å². The first-order valence-electron chi connectivity index (χ1n) is 8.12. The van der Waals surface area contributed by atoms with Gasteiger partial charge in [0, 0.05) is 24.3 Å². The molecule has 25 heavy (non-hydrogen) atoms. The zero-order valence-electron chi connectivity index (χ0n) is 14.3. The number of methoxy groups -OCH3 is 1. The molecule has 0 bridgehead atoms. The van der Waals surface area contributed by atoms with Crippen LogP contribution in [-0.4, -0.2) is 26.4 Å². The molecule has 6 heteroatoms. The standard InChI is InChI=1S/C19H21NO5/c1-3-23-11-15-9-14(5-7-16(15)22-2)19(21)20-10-13-4-6-17-18(8-13)25-12-24-17/h4-9H,3,10-12H2,1-2H3,(H,20,21). The Balaban J connectivity index is 1.66. The molecule has 1 heterocycles. The van der Waals surface area contributed by atoms with Crippen LogP contribution in [0.15, 0.2) is 36.4 Å². The second-order valence-corrected chi connectivity index (χ2v) is 5.53. The molecule has 1 aliphatic heterocycles. The summed E-state index contributed by atoms with van der Waals surface area (Å²) < 4.78 is 21.4. The fourth-order valence-corrected chi connectivity index (χ4v) is 2.58. The molecule has 0 radical (unpaired) electrons. The van der Waals surface area contributed by atoms with Gasteiger partial charge in [0.15, 0.2) is 11.5 Å². The van der Waals surface area contributed by atoms with Crippen LogP contribution in [0.2, 0.25) is 0 Å². The minimum absolute atomic E-state index is 0.155. The van der Waals surface area contributed by atoms with E-state index in [1.807, 2.05) is 25.1 Å². The molecule has 1 amide bonds. The molecule has 0 spiro atoms. The maximum atomic E-state index is 12.4. The molecular weight excluding hydrogens is 322 g/mol. The highest BCUT2D eigenvalue weighted by Crippen LogP contribution is 2.32. The summed E-state index contributed by atoms with van der Waals surface area (Å²) in [4.78, 5) is 12.4. The third-order valence-corrected chi connectivity index (χ3v) is 3.89. The van der Waals surface area contributed by atoms with Gasteiger partial charge < -0.3 is 24.3 Å². The number of fused-ring (bicyclic) bond motifs is 1. The summed E-state index contributed by atoms with van der Waals surface area (Å²) in [5, 5.41) is 2.91. The van der Waals surface area contributed by atoms with E-state index in [9.17, 15) is 4.79 Å². The zero-order chi connectivity index (χ0) is 17.6. The summed E-state index contributed by atoms with van der Waals surface area (Å²) in [7, 11) is 1.60. The molecule has 6 nitrogen and oxygen atoms in total. The van der Waals surface area contributed by atoms with Gasteiger partial charge in [0.1, 0.15) is 5.75 Å². The first kappa shape index (κ1) is 17.1. The van der Waals surface area contributed by atoms with Crippen molar-refractivity contribution in [1.82, 2.24) is 5.32 Å². The highest BCUT2D eigenvalue weighted by atomic mass is 16.7. The number of carbonyl (C=O) groups excluding carboxylic acids is 1. The van der Waals surface area contributed by atoms with Crippen LogP contribution in [0.4, 0.5) is 0 Å². The van der Waals surface area contributed by atoms with Crippen LogP contribution in [-0.2, 0) is 17.9 Å². The van der Waals surface area contributed by atoms with Gasteiger partial charge in [-0.15, -0.1) is 0 Å². The van der Waals surface area contributed by atoms with Gasteiger partial charge in [-0.05, 0) is 42.8 Å². The number of benzene rings is 2. The molecule has 0 aliphatic carbocycles. The quantitative estimate of drug-likeness (QED) is 0.837. The van der Waals surface area contributed by atoms with E-state index in [4.69, 9.17) is 18.9 Å². The SMILES string of the molecule is CCOCc1cc(C(=O)NCc2ccc3c(c2)OCO3)ccc1OC. The molecule has 1 aliphatic rings. The molecule has 0 unspecified atom stereocenters. The van der Waals surface area contributed by atoms with E-state index in [2.05, 4.69) is 5.32 Å². The molecule has 132 valence electrons. The predicted molar refractivity (Wildman–Crippen MR) is 92.1 cm³/mol. The van der Waals surface area contributed by atoms with Crippen molar-refractivity contribution in [3.05, 3.63) is 53.1 Å². The zero-order valence-corrected chi connectivity index (χ0v) is 14.3. The van der Waals surface area contributed by atoms with Crippen molar-refractivity contribution in [3.8, 4) is 17.2 Å². The summed E-state index contributed by atoms with van der Waals surface area (Å²) in [6.45, 7) is 3.57. The van der Waals surface area contributed by atoms with E-state index in [1.165, 1.54) is 0 Å². The van der Waals surface area contributed by atoms with Gasteiger partial charge >= 0.3 is 0 Å². The minimum Gasteiger partial charge on any atom is -0.496 e. The van der Waals surface area contributed by atoms with Crippen LogP contribution in [0, 0.1) is 0 Å². The molecule has 2 aromatic rings. The van der Waals surface area contributed by atoms with Crippen molar-refractivity contribution in [1.29, 1.82) is 0 Å². The Bertz CT molecular complexity index is 759. The van der Waals surface area contributed by atoms with Crippen LogP contribution in [0.5, 0.6) is 17.2 Å². The highest BCUT2D eigenvalue weighted by Gasteiger charge is 2.14. The molecule has 0 saturated heterocycles. The average Bonchev–Trinajstić information content (AvgIpc) is 3.11. The van der Waals surface area contributed by atoms with E-state index in [0.717, 1.165) is 16.9 Å². The number of amides is 1. The Morgan fingerprint density at radius 2 is 2.00 bits per heavy atom. The maximum Gasteiger partial charge on any atom is 0.251 e. The molecule has 2 aromatic carbocycles. The molecule has 0 saturated carbocycles. The Labute approximate surface area is 146 Å². The first-order chi connectivity index (χ1) is 12.2. The minimum atomic E-state index is -0.155. The van der Waals surface area contributed by atoms with Crippen LogP contribution in [0.3, 0.4) is 0 Å². The maximum absolute atomic E-state index is 12.4. The van der Waals surface area contributed by atoms with E-state index in [1.54, 1.807) is 25.3 Å². The first-order valence-corrected chi connectivity index (χ1v) is 8.12. The number of carbonyl (C=O) groups is 1. The van der Waals surface area contributed by atoms with Gasteiger partial charge in [-0.2, -0.15) is 0 Å². The number of ether oxygens (including phenoxy) is 4. The van der Waals surface area contributed by atoms with E-state index < -0.39 is 0 Å². The second-order valence-electron chi connectivity index (χ2n) is 5.53. The van der Waals surface area contributed by atoms with Gasteiger partial charge in [0.2, 0.25) is 6.79 Å². The largest absolute Gasteiger partial charge is 0.496 e. The van der Waals surface area contributed by atoms with Gasteiger partial charge in [-0.3, -0.25) is 4.79 Å². The molecule has 0 fully saturated rings. The Morgan fingerprint density at radius 1 is 1.16 bits per heavy atom. The predicted octanol–water partition coefficient (Wildman–Crippen LogP) is 2.89. The van der Waals surface area contributed by atoms with Crippen LogP contribution >= 0.6 is 0 Å². The van der Waals surface area contributed by atoms with Crippen molar-refractivity contribution in [3.63, 3.8) is 0 Å². The van der Waals surface area contributed by atoms with Gasteiger partial charge in [-0.25, -0.2) is 0 Å². The number of hydrogen-bond donors (Lipinski definition) is 1. The van der Waals surface area contributed by atoms with Gasteiger partial charge in [-0.1, -0.05) is 6.07 Å². The van der Waals surface area contributed by atoms with Crippen molar-refractivity contribution in [2.45, 2.75) is 20.1 Å². The van der Waals surface area contributed by atoms with Crippen LogP contribution in [0.1, 0.15) is 28.4 Å². The van der Waals surface area contributed by atoms with Crippen LogP contribution in [0.25, 0.3) is 0 Å². The second kappa shape index (κ2) is 7.90. The monoisotopic (exact) mass is 343 g/mol. The van der Waals surface area contributed by atoms with Crippen molar-refractivity contribution < 1.29 is 23.7 Å². The van der Waals surface area contributed by atoms with Crippen molar-refractivity contribution >= 4 is 5.91 Å². The topological polar surface area (TPSA) is 66.0 Å². The Kier molecular flexibility index (Phi) is 5.40. The Hall–Kier alpha value is -2.73. The molecule has 1 N–H and O–H groups in total. The van der Waals surface area contributed by atoms with E-state index >= 15 is 0 Å². The highest BCUT2D eigenvalue weighted by molar-refractivity contribution is 5.94. The lowest BCUT2D eigenvalue weighted by atomic mass is 10.1.